The van der Waals surface area contributed by atoms with Gasteiger partial charge in [0.2, 0.25) is 0 Å². The number of hydrogen-bond donors (Lipinski definition) is 2. The molecular formula is C21H23Cl3N4O2S. The molecule has 1 aliphatic rings. The number of hydrogen-bond acceptors (Lipinski definition) is 5. The molecule has 0 atom stereocenters. The van der Waals surface area contributed by atoms with Crippen molar-refractivity contribution < 1.29 is 9.53 Å². The van der Waals surface area contributed by atoms with Crippen molar-refractivity contribution in [3.05, 3.63) is 51.0 Å². The highest BCUT2D eigenvalue weighted by atomic mass is 35.5. The highest BCUT2D eigenvalue weighted by molar-refractivity contribution is 7.80. The molecule has 10 heteroatoms. The Morgan fingerprint density at radius 1 is 1.10 bits per heavy atom. The average molecular weight is 502 g/mol. The van der Waals surface area contributed by atoms with Gasteiger partial charge in [0.05, 0.1) is 28.4 Å². The van der Waals surface area contributed by atoms with E-state index in [0.29, 0.717) is 15.7 Å². The van der Waals surface area contributed by atoms with Crippen LogP contribution in [0.1, 0.15) is 17.3 Å². The van der Waals surface area contributed by atoms with Crippen LogP contribution in [-0.4, -0.2) is 55.8 Å². The van der Waals surface area contributed by atoms with Crippen LogP contribution in [0.25, 0.3) is 0 Å². The van der Waals surface area contributed by atoms with E-state index < -0.39 is 5.91 Å². The van der Waals surface area contributed by atoms with Crippen LogP contribution in [0, 0.1) is 0 Å². The molecule has 0 bridgehead atoms. The lowest BCUT2D eigenvalue weighted by molar-refractivity contribution is 0.0975. The molecule has 2 N–H and O–H groups in total. The van der Waals surface area contributed by atoms with Crippen LogP contribution < -0.4 is 20.3 Å². The second-order valence-electron chi connectivity index (χ2n) is 6.96. The first kappa shape index (κ1) is 23.9. The zero-order valence-electron chi connectivity index (χ0n) is 17.2. The van der Waals surface area contributed by atoms with Crippen molar-refractivity contribution in [1.82, 2.24) is 10.2 Å². The van der Waals surface area contributed by atoms with Crippen LogP contribution in [0.2, 0.25) is 15.1 Å². The number of rotatable bonds is 5. The molecule has 0 spiro atoms. The van der Waals surface area contributed by atoms with Crippen LogP contribution in [0.15, 0.2) is 30.3 Å². The first-order valence-electron chi connectivity index (χ1n) is 9.74. The van der Waals surface area contributed by atoms with E-state index in [2.05, 4.69) is 27.4 Å². The first-order chi connectivity index (χ1) is 14.8. The molecule has 166 valence electrons. The average Bonchev–Trinajstić information content (AvgIpc) is 2.73. The number of benzene rings is 2. The van der Waals surface area contributed by atoms with Gasteiger partial charge in [-0.05, 0) is 49.1 Å². The highest BCUT2D eigenvalue weighted by Crippen LogP contribution is 2.32. The van der Waals surface area contributed by atoms with E-state index in [0.717, 1.165) is 38.4 Å². The third kappa shape index (κ3) is 5.93. The van der Waals surface area contributed by atoms with Gasteiger partial charge in [0.25, 0.3) is 5.91 Å². The minimum absolute atomic E-state index is 0.114. The summed E-state index contributed by atoms with van der Waals surface area (Å²) >= 11 is 23.9. The molecule has 2 aromatic rings. The summed E-state index contributed by atoms with van der Waals surface area (Å²) in [7, 11) is 1.42. The van der Waals surface area contributed by atoms with Gasteiger partial charge >= 0.3 is 0 Å². The summed E-state index contributed by atoms with van der Waals surface area (Å²) in [4.78, 5) is 17.3. The number of ether oxygens (including phenoxy) is 1. The van der Waals surface area contributed by atoms with Crippen molar-refractivity contribution >= 4 is 69.4 Å². The third-order valence-corrected chi connectivity index (χ3v) is 6.06. The number of halogens is 3. The molecule has 0 aromatic heterocycles. The smallest absolute Gasteiger partial charge is 0.261 e. The Kier molecular flexibility index (Phi) is 8.24. The van der Waals surface area contributed by atoms with Crippen LogP contribution in [0.4, 0.5) is 11.4 Å². The summed E-state index contributed by atoms with van der Waals surface area (Å²) < 4.78 is 5.21. The highest BCUT2D eigenvalue weighted by Gasteiger charge is 2.19. The second-order valence-corrected chi connectivity index (χ2v) is 8.62. The Bertz CT molecular complexity index is 981. The number of amides is 1. The molecule has 0 aliphatic carbocycles. The standard InChI is InChI=1S/C21H23Cl3N4O2S/c1-3-27-6-8-28(9-7-27)18-5-4-14(12-16(18)23)25-21(31)26-20(29)15-10-13(22)11-17(24)19(15)30-2/h4-5,10-12H,3,6-9H2,1-2H3,(H2,25,26,29,31). The summed E-state index contributed by atoms with van der Waals surface area (Å²) in [6.07, 6.45) is 0. The first-order valence-corrected chi connectivity index (χ1v) is 11.3. The molecule has 2 aromatic carbocycles. The molecule has 0 unspecified atom stereocenters. The monoisotopic (exact) mass is 500 g/mol. The van der Waals surface area contributed by atoms with E-state index in [9.17, 15) is 4.79 Å². The molecule has 31 heavy (non-hydrogen) atoms. The normalized spacial score (nSPS) is 14.3. The van der Waals surface area contributed by atoms with Crippen molar-refractivity contribution in [2.24, 2.45) is 0 Å². The summed E-state index contributed by atoms with van der Waals surface area (Å²) in [6, 6.07) is 8.59. The topological polar surface area (TPSA) is 56.8 Å². The van der Waals surface area contributed by atoms with E-state index in [-0.39, 0.29) is 21.4 Å². The van der Waals surface area contributed by atoms with E-state index in [4.69, 9.17) is 51.8 Å². The SMILES string of the molecule is CCN1CCN(c2ccc(NC(=S)NC(=O)c3cc(Cl)cc(Cl)c3OC)cc2Cl)CC1. The fourth-order valence-electron chi connectivity index (χ4n) is 3.42. The molecule has 0 radical (unpaired) electrons. The van der Waals surface area contributed by atoms with Crippen molar-refractivity contribution in [2.75, 3.05) is 50.1 Å². The van der Waals surface area contributed by atoms with Gasteiger partial charge in [0.1, 0.15) is 5.75 Å². The number of methoxy groups -OCH3 is 1. The quantitative estimate of drug-likeness (QED) is 0.567. The van der Waals surface area contributed by atoms with Gasteiger partial charge in [0, 0.05) is 36.9 Å². The van der Waals surface area contributed by atoms with Gasteiger partial charge in [-0.2, -0.15) is 0 Å². The summed E-state index contributed by atoms with van der Waals surface area (Å²) in [6.45, 7) is 7.11. The van der Waals surface area contributed by atoms with Crippen molar-refractivity contribution in [2.45, 2.75) is 6.92 Å². The Labute approximate surface area is 202 Å². The summed E-state index contributed by atoms with van der Waals surface area (Å²) in [5.74, 6) is -0.266. The number of carbonyl (C=O) groups is 1. The van der Waals surface area contributed by atoms with Gasteiger partial charge in [-0.1, -0.05) is 41.7 Å². The number of anilines is 2. The number of thiocarbonyl (C=S) groups is 1. The van der Waals surface area contributed by atoms with Crippen LogP contribution in [-0.2, 0) is 0 Å². The maximum atomic E-state index is 12.6. The largest absolute Gasteiger partial charge is 0.494 e. The molecule has 1 fully saturated rings. The molecule has 3 rings (SSSR count). The lowest BCUT2D eigenvalue weighted by Gasteiger charge is -2.36. The van der Waals surface area contributed by atoms with E-state index >= 15 is 0 Å². The lowest BCUT2D eigenvalue weighted by atomic mass is 10.2. The van der Waals surface area contributed by atoms with Crippen LogP contribution >= 0.6 is 47.0 Å². The number of carbonyl (C=O) groups excluding carboxylic acids is 1. The maximum absolute atomic E-state index is 12.6. The predicted octanol–water partition coefficient (Wildman–Crippen LogP) is 4.92. The van der Waals surface area contributed by atoms with Crippen LogP contribution in [0.3, 0.4) is 0 Å². The second kappa shape index (κ2) is 10.7. The van der Waals surface area contributed by atoms with Gasteiger partial charge in [0.15, 0.2) is 5.11 Å². The Morgan fingerprint density at radius 3 is 2.42 bits per heavy atom. The zero-order chi connectivity index (χ0) is 22.5. The van der Waals surface area contributed by atoms with E-state index in [1.807, 2.05) is 12.1 Å². The third-order valence-electron chi connectivity index (χ3n) is 5.05. The van der Waals surface area contributed by atoms with Crippen LogP contribution in [0.5, 0.6) is 5.75 Å². The van der Waals surface area contributed by atoms with Gasteiger partial charge in [-0.15, -0.1) is 0 Å². The summed E-state index contributed by atoms with van der Waals surface area (Å²) in [5.41, 5.74) is 1.84. The fraction of sp³-hybridized carbons (Fsp3) is 0.333. The molecule has 0 saturated carbocycles. The van der Waals surface area contributed by atoms with E-state index in [1.165, 1.54) is 19.2 Å². The Morgan fingerprint density at radius 2 is 1.81 bits per heavy atom. The lowest BCUT2D eigenvalue weighted by Crippen LogP contribution is -2.46. The Balaban J connectivity index is 1.65. The minimum Gasteiger partial charge on any atom is -0.494 e. The van der Waals surface area contributed by atoms with Crippen molar-refractivity contribution in [1.29, 1.82) is 0 Å². The number of nitrogens with one attached hydrogen (secondary N) is 2. The minimum atomic E-state index is -0.490. The zero-order valence-corrected chi connectivity index (χ0v) is 20.3. The predicted molar refractivity (Wildman–Crippen MR) is 132 cm³/mol. The van der Waals surface area contributed by atoms with Crippen molar-refractivity contribution in [3.8, 4) is 5.75 Å². The molecule has 1 amide bonds. The number of nitrogens with zero attached hydrogens (tertiary/aromatic N) is 2. The molecule has 1 aliphatic heterocycles. The van der Waals surface area contributed by atoms with Gasteiger partial charge in [-0.25, -0.2) is 0 Å². The van der Waals surface area contributed by atoms with Gasteiger partial charge in [-0.3, -0.25) is 10.1 Å². The molecule has 1 heterocycles. The van der Waals surface area contributed by atoms with Crippen molar-refractivity contribution in [3.63, 3.8) is 0 Å². The molecule has 1 saturated heterocycles. The maximum Gasteiger partial charge on any atom is 0.261 e. The summed E-state index contributed by atoms with van der Waals surface area (Å²) in [5, 5.41) is 6.87. The number of piperazine rings is 1. The van der Waals surface area contributed by atoms with E-state index in [1.54, 1.807) is 6.07 Å². The Hall–Kier alpha value is -1.77. The number of likely N-dealkylation sites (N-methyl/N-ethyl adjacent to an activating group) is 1. The van der Waals surface area contributed by atoms with Gasteiger partial charge < -0.3 is 19.9 Å². The molecule has 6 nitrogen and oxygen atoms in total. The molecular weight excluding hydrogens is 479 g/mol. The fourth-order valence-corrected chi connectivity index (χ4v) is 4.50.